The minimum Gasteiger partial charge on any atom is -0.371 e. The molecule has 0 aliphatic rings. The third-order valence-electron chi connectivity index (χ3n) is 1.86. The number of aryl methyl sites for hydroxylation is 1. The molecular weight excluding hydrogens is 166 g/mol. The van der Waals surface area contributed by atoms with Gasteiger partial charge in [0.2, 0.25) is 5.78 Å². The lowest BCUT2D eigenvalue weighted by molar-refractivity contribution is 0.0694. The average Bonchev–Trinajstić information content (AvgIpc) is 2.17. The fourth-order valence-electron chi connectivity index (χ4n) is 1.01. The standard InChI is InChI=1S/C10H13NO2/c1-7-3-5-8(6-4-7)9(12)10(13)11-2/h3-6,10-11,13H,1-2H3. The number of carbonyl (C=O) groups is 1. The molecule has 0 aliphatic carbocycles. The monoisotopic (exact) mass is 179 g/mol. The summed E-state index contributed by atoms with van der Waals surface area (Å²) in [5.74, 6) is -0.303. The second kappa shape index (κ2) is 4.16. The largest absolute Gasteiger partial charge is 0.371 e. The predicted octanol–water partition coefficient (Wildman–Crippen LogP) is 0.716. The van der Waals surface area contributed by atoms with Crippen LogP contribution in [0.3, 0.4) is 0 Å². The van der Waals surface area contributed by atoms with Crippen LogP contribution in [0.25, 0.3) is 0 Å². The van der Waals surface area contributed by atoms with Crippen molar-refractivity contribution in [2.75, 3.05) is 7.05 Å². The number of hydrogen-bond acceptors (Lipinski definition) is 3. The summed E-state index contributed by atoms with van der Waals surface area (Å²) in [7, 11) is 1.54. The second-order valence-corrected chi connectivity index (χ2v) is 2.92. The second-order valence-electron chi connectivity index (χ2n) is 2.92. The van der Waals surface area contributed by atoms with Gasteiger partial charge in [-0.1, -0.05) is 29.8 Å². The molecule has 2 N–H and O–H groups in total. The molecular formula is C10H13NO2. The van der Waals surface area contributed by atoms with Crippen LogP contribution in [-0.4, -0.2) is 24.2 Å². The Kier molecular flexibility index (Phi) is 3.17. The van der Waals surface area contributed by atoms with E-state index in [1.807, 2.05) is 19.1 Å². The molecule has 0 saturated carbocycles. The SMILES string of the molecule is CNC(O)C(=O)c1ccc(C)cc1. The van der Waals surface area contributed by atoms with E-state index in [0.717, 1.165) is 5.56 Å². The van der Waals surface area contributed by atoms with Gasteiger partial charge in [0.05, 0.1) is 0 Å². The highest BCUT2D eigenvalue weighted by atomic mass is 16.3. The van der Waals surface area contributed by atoms with Gasteiger partial charge in [0.25, 0.3) is 0 Å². The van der Waals surface area contributed by atoms with Gasteiger partial charge >= 0.3 is 0 Å². The molecule has 1 rings (SSSR count). The van der Waals surface area contributed by atoms with Crippen molar-refractivity contribution < 1.29 is 9.90 Å². The normalized spacial score (nSPS) is 12.5. The van der Waals surface area contributed by atoms with E-state index in [-0.39, 0.29) is 5.78 Å². The summed E-state index contributed by atoms with van der Waals surface area (Å²) in [4.78, 5) is 11.4. The van der Waals surface area contributed by atoms with Crippen LogP contribution in [0.4, 0.5) is 0 Å². The van der Waals surface area contributed by atoms with Gasteiger partial charge in [-0.15, -0.1) is 0 Å². The van der Waals surface area contributed by atoms with Gasteiger partial charge in [-0.25, -0.2) is 0 Å². The van der Waals surface area contributed by atoms with Crippen molar-refractivity contribution in [3.05, 3.63) is 35.4 Å². The molecule has 0 bridgehead atoms. The van der Waals surface area contributed by atoms with E-state index < -0.39 is 6.23 Å². The Hall–Kier alpha value is -1.19. The third kappa shape index (κ3) is 2.37. The number of hydrogen-bond donors (Lipinski definition) is 2. The quantitative estimate of drug-likeness (QED) is 0.531. The van der Waals surface area contributed by atoms with E-state index >= 15 is 0 Å². The molecule has 0 saturated heterocycles. The Morgan fingerprint density at radius 3 is 2.38 bits per heavy atom. The number of aliphatic hydroxyl groups is 1. The number of ketones is 1. The van der Waals surface area contributed by atoms with Crippen molar-refractivity contribution in [1.29, 1.82) is 0 Å². The summed E-state index contributed by atoms with van der Waals surface area (Å²) < 4.78 is 0. The first-order chi connectivity index (χ1) is 6.15. The zero-order valence-corrected chi connectivity index (χ0v) is 7.74. The van der Waals surface area contributed by atoms with Gasteiger partial charge in [0.1, 0.15) is 0 Å². The van der Waals surface area contributed by atoms with E-state index in [1.54, 1.807) is 12.1 Å². The Morgan fingerprint density at radius 1 is 1.38 bits per heavy atom. The van der Waals surface area contributed by atoms with Crippen LogP contribution in [-0.2, 0) is 0 Å². The molecule has 0 spiro atoms. The van der Waals surface area contributed by atoms with Crippen molar-refractivity contribution in [2.24, 2.45) is 0 Å². The fraction of sp³-hybridized carbons (Fsp3) is 0.300. The lowest BCUT2D eigenvalue weighted by Crippen LogP contribution is -2.33. The molecule has 0 amide bonds. The zero-order chi connectivity index (χ0) is 9.84. The van der Waals surface area contributed by atoms with Crippen LogP contribution >= 0.6 is 0 Å². The first kappa shape index (κ1) is 9.89. The van der Waals surface area contributed by atoms with Crippen LogP contribution in [0.2, 0.25) is 0 Å². The molecule has 0 aliphatic heterocycles. The van der Waals surface area contributed by atoms with Gasteiger partial charge in [-0.2, -0.15) is 0 Å². The van der Waals surface area contributed by atoms with E-state index in [1.165, 1.54) is 7.05 Å². The van der Waals surface area contributed by atoms with Crippen LogP contribution in [0.15, 0.2) is 24.3 Å². The molecule has 13 heavy (non-hydrogen) atoms. The van der Waals surface area contributed by atoms with Gasteiger partial charge in [0.15, 0.2) is 6.23 Å². The molecule has 1 unspecified atom stereocenters. The van der Waals surface area contributed by atoms with Crippen LogP contribution < -0.4 is 5.32 Å². The minimum atomic E-state index is -1.11. The van der Waals surface area contributed by atoms with Crippen LogP contribution in [0.5, 0.6) is 0 Å². The number of nitrogens with one attached hydrogen (secondary N) is 1. The van der Waals surface area contributed by atoms with E-state index in [9.17, 15) is 9.90 Å². The van der Waals surface area contributed by atoms with E-state index in [4.69, 9.17) is 0 Å². The number of carbonyl (C=O) groups excluding carboxylic acids is 1. The average molecular weight is 179 g/mol. The predicted molar refractivity (Wildman–Crippen MR) is 50.6 cm³/mol. The molecule has 3 heteroatoms. The zero-order valence-electron chi connectivity index (χ0n) is 7.74. The molecule has 1 atom stereocenters. The summed E-state index contributed by atoms with van der Waals surface area (Å²) in [6, 6.07) is 7.10. The van der Waals surface area contributed by atoms with Gasteiger partial charge in [0, 0.05) is 5.56 Å². The first-order valence-electron chi connectivity index (χ1n) is 4.11. The highest BCUT2D eigenvalue weighted by Gasteiger charge is 2.13. The molecule has 0 aromatic heterocycles. The summed E-state index contributed by atoms with van der Waals surface area (Å²) >= 11 is 0. The number of rotatable bonds is 3. The number of aliphatic hydroxyl groups excluding tert-OH is 1. The molecule has 0 radical (unpaired) electrons. The molecule has 1 aromatic carbocycles. The topological polar surface area (TPSA) is 49.3 Å². The van der Waals surface area contributed by atoms with Gasteiger partial charge in [-0.3, -0.25) is 10.1 Å². The van der Waals surface area contributed by atoms with Crippen molar-refractivity contribution in [3.63, 3.8) is 0 Å². The molecule has 0 heterocycles. The third-order valence-corrected chi connectivity index (χ3v) is 1.86. The summed E-state index contributed by atoms with van der Waals surface area (Å²) in [5, 5.41) is 11.7. The van der Waals surface area contributed by atoms with Crippen LogP contribution in [0.1, 0.15) is 15.9 Å². The smallest absolute Gasteiger partial charge is 0.206 e. The Balaban J connectivity index is 2.83. The summed E-state index contributed by atoms with van der Waals surface area (Å²) in [6.07, 6.45) is -1.11. The summed E-state index contributed by atoms with van der Waals surface area (Å²) in [6.45, 7) is 1.95. The maximum Gasteiger partial charge on any atom is 0.206 e. The Morgan fingerprint density at radius 2 is 1.92 bits per heavy atom. The minimum absolute atomic E-state index is 0.303. The maximum atomic E-state index is 11.4. The van der Waals surface area contributed by atoms with Gasteiger partial charge < -0.3 is 5.11 Å². The maximum absolute atomic E-state index is 11.4. The van der Waals surface area contributed by atoms with Crippen LogP contribution in [0, 0.1) is 6.92 Å². The Bertz CT molecular complexity index is 292. The lowest BCUT2D eigenvalue weighted by atomic mass is 10.1. The Labute approximate surface area is 77.4 Å². The molecule has 1 aromatic rings. The molecule has 3 nitrogen and oxygen atoms in total. The first-order valence-corrected chi connectivity index (χ1v) is 4.11. The number of benzene rings is 1. The lowest BCUT2D eigenvalue weighted by Gasteiger charge is -2.07. The van der Waals surface area contributed by atoms with Crippen molar-refractivity contribution in [1.82, 2.24) is 5.32 Å². The summed E-state index contributed by atoms with van der Waals surface area (Å²) in [5.41, 5.74) is 1.61. The highest BCUT2D eigenvalue weighted by molar-refractivity contribution is 5.98. The molecule has 70 valence electrons. The number of likely N-dealkylation sites (N-methyl/N-ethyl adjacent to an activating group) is 1. The van der Waals surface area contributed by atoms with Crippen molar-refractivity contribution in [2.45, 2.75) is 13.2 Å². The van der Waals surface area contributed by atoms with E-state index in [2.05, 4.69) is 5.32 Å². The number of Topliss-reactive ketones (excluding diaryl/α,β-unsaturated/α-hetero) is 1. The van der Waals surface area contributed by atoms with E-state index in [0.29, 0.717) is 5.56 Å². The van der Waals surface area contributed by atoms with Gasteiger partial charge in [-0.05, 0) is 14.0 Å². The van der Waals surface area contributed by atoms with Crippen molar-refractivity contribution in [3.8, 4) is 0 Å². The fourth-order valence-corrected chi connectivity index (χ4v) is 1.01. The van der Waals surface area contributed by atoms with Crippen molar-refractivity contribution >= 4 is 5.78 Å². The highest BCUT2D eigenvalue weighted by Crippen LogP contribution is 2.05. The molecule has 0 fully saturated rings.